The van der Waals surface area contributed by atoms with Crippen molar-refractivity contribution < 1.29 is 14.3 Å². The van der Waals surface area contributed by atoms with E-state index in [0.29, 0.717) is 34.3 Å². The van der Waals surface area contributed by atoms with E-state index in [1.807, 2.05) is 30.3 Å². The molecule has 1 N–H and O–H groups in total. The fourth-order valence-electron chi connectivity index (χ4n) is 4.50. The molecule has 0 spiro atoms. The molecule has 0 fully saturated rings. The number of esters is 1. The second kappa shape index (κ2) is 10.9. The molecular weight excluding hydrogens is 506 g/mol. The van der Waals surface area contributed by atoms with Gasteiger partial charge in [0.05, 0.1) is 29.0 Å². The van der Waals surface area contributed by atoms with E-state index in [1.165, 1.54) is 16.6 Å². The number of aromatic nitrogens is 2. The summed E-state index contributed by atoms with van der Waals surface area (Å²) in [6, 6.07) is 16.0. The maximum Gasteiger partial charge on any atom is 0.338 e. The lowest BCUT2D eigenvalue weighted by Gasteiger charge is -2.17. The largest absolute Gasteiger partial charge is 0.462 e. The minimum atomic E-state index is -0.402. The van der Waals surface area contributed by atoms with E-state index >= 15 is 0 Å². The van der Waals surface area contributed by atoms with Gasteiger partial charge in [-0.25, -0.2) is 9.78 Å². The zero-order valence-corrected chi connectivity index (χ0v) is 22.3. The van der Waals surface area contributed by atoms with Crippen LogP contribution in [-0.2, 0) is 22.4 Å². The van der Waals surface area contributed by atoms with Crippen LogP contribution in [0.15, 0.2) is 64.5 Å². The molecule has 2 heterocycles. The molecule has 5 rings (SSSR count). The fourth-order valence-corrected chi connectivity index (χ4v) is 6.74. The molecule has 2 aromatic heterocycles. The third-order valence-corrected chi connectivity index (χ3v) is 8.41. The third-order valence-electron chi connectivity index (χ3n) is 6.33. The van der Waals surface area contributed by atoms with Gasteiger partial charge in [-0.2, -0.15) is 0 Å². The monoisotopic (exact) mass is 533 g/mol. The number of thiophene rings is 1. The average Bonchev–Trinajstić information content (AvgIpc) is 3.26. The maximum atomic E-state index is 13.8. The lowest BCUT2D eigenvalue weighted by atomic mass is 9.89. The van der Waals surface area contributed by atoms with E-state index in [4.69, 9.17) is 9.72 Å². The number of benzene rings is 2. The first-order chi connectivity index (χ1) is 17.9. The van der Waals surface area contributed by atoms with E-state index in [0.717, 1.165) is 35.3 Å². The molecule has 1 aliphatic rings. The highest BCUT2D eigenvalue weighted by Gasteiger charge is 2.25. The van der Waals surface area contributed by atoms with E-state index in [9.17, 15) is 14.4 Å². The van der Waals surface area contributed by atoms with Gasteiger partial charge in [-0.15, -0.1) is 11.3 Å². The molecule has 1 unspecified atom stereocenters. The molecule has 1 amide bonds. The minimum absolute atomic E-state index is 0.0759. The summed E-state index contributed by atoms with van der Waals surface area (Å²) in [5.74, 6) is 0.0379. The number of carbonyl (C=O) groups excluding carboxylic acids is 2. The first-order valence-electron chi connectivity index (χ1n) is 12.3. The Balaban J connectivity index is 1.41. The van der Waals surface area contributed by atoms with Crippen molar-refractivity contribution >= 4 is 50.9 Å². The number of amides is 1. The number of anilines is 1. The Kier molecular flexibility index (Phi) is 7.43. The molecule has 37 heavy (non-hydrogen) atoms. The number of ether oxygens (including phenoxy) is 1. The van der Waals surface area contributed by atoms with Gasteiger partial charge in [-0.3, -0.25) is 14.2 Å². The first kappa shape index (κ1) is 25.2. The van der Waals surface area contributed by atoms with Gasteiger partial charge in [0.2, 0.25) is 5.91 Å². The normalized spacial score (nSPS) is 14.8. The molecule has 0 aliphatic heterocycles. The zero-order chi connectivity index (χ0) is 25.9. The molecule has 0 saturated carbocycles. The maximum absolute atomic E-state index is 13.8. The van der Waals surface area contributed by atoms with Gasteiger partial charge in [0.15, 0.2) is 5.16 Å². The minimum Gasteiger partial charge on any atom is -0.462 e. The number of fused-ring (bicyclic) bond motifs is 3. The first-order valence-corrected chi connectivity index (χ1v) is 14.1. The molecule has 7 nitrogen and oxygen atoms in total. The molecule has 2 aromatic carbocycles. The number of rotatable bonds is 7. The summed E-state index contributed by atoms with van der Waals surface area (Å²) in [5, 5.41) is 4.04. The van der Waals surface area contributed by atoms with E-state index in [1.54, 1.807) is 47.1 Å². The van der Waals surface area contributed by atoms with Crippen LogP contribution in [0.2, 0.25) is 0 Å². The Labute approximate surface area is 222 Å². The Hall–Kier alpha value is -3.43. The number of aryl methyl sites for hydroxylation is 1. The van der Waals surface area contributed by atoms with Gasteiger partial charge < -0.3 is 10.1 Å². The van der Waals surface area contributed by atoms with Crippen LogP contribution in [0.3, 0.4) is 0 Å². The molecule has 1 atom stereocenters. The van der Waals surface area contributed by atoms with Crippen molar-refractivity contribution in [2.75, 3.05) is 17.7 Å². The van der Waals surface area contributed by atoms with Crippen LogP contribution in [0.1, 0.15) is 41.1 Å². The van der Waals surface area contributed by atoms with Gasteiger partial charge in [0.1, 0.15) is 4.83 Å². The average molecular weight is 534 g/mol. The van der Waals surface area contributed by atoms with Crippen molar-refractivity contribution in [2.24, 2.45) is 5.92 Å². The number of nitrogens with zero attached hydrogens (tertiary/aromatic N) is 2. The van der Waals surface area contributed by atoms with Crippen molar-refractivity contribution in [1.82, 2.24) is 9.55 Å². The number of nitrogens with one attached hydrogen (secondary N) is 1. The highest BCUT2D eigenvalue weighted by molar-refractivity contribution is 7.99. The molecule has 0 saturated heterocycles. The highest BCUT2D eigenvalue weighted by Crippen LogP contribution is 2.37. The molecule has 0 radical (unpaired) electrons. The van der Waals surface area contributed by atoms with Crippen molar-refractivity contribution in [3.63, 3.8) is 0 Å². The Morgan fingerprint density at radius 2 is 1.92 bits per heavy atom. The van der Waals surface area contributed by atoms with Gasteiger partial charge in [-0.1, -0.05) is 36.9 Å². The lowest BCUT2D eigenvalue weighted by Crippen LogP contribution is -2.23. The zero-order valence-electron chi connectivity index (χ0n) is 20.7. The Morgan fingerprint density at radius 1 is 1.16 bits per heavy atom. The summed E-state index contributed by atoms with van der Waals surface area (Å²) in [6.07, 6.45) is 2.94. The quantitative estimate of drug-likeness (QED) is 0.192. The molecule has 190 valence electrons. The van der Waals surface area contributed by atoms with Gasteiger partial charge in [0, 0.05) is 10.6 Å². The number of thioether (sulfide) groups is 1. The number of hydrogen-bond acceptors (Lipinski definition) is 7. The third kappa shape index (κ3) is 5.33. The highest BCUT2D eigenvalue weighted by atomic mass is 32.2. The fraction of sp³-hybridized carbons (Fsp3) is 0.286. The van der Waals surface area contributed by atoms with Crippen LogP contribution in [0.25, 0.3) is 15.9 Å². The van der Waals surface area contributed by atoms with Crippen LogP contribution < -0.4 is 10.9 Å². The SMILES string of the molecule is CCOC(=O)c1ccc(NC(=O)CSc2nc3sc4c(c3c(=O)n2-c2ccccc2)CCC(C)C4)cc1. The van der Waals surface area contributed by atoms with Crippen molar-refractivity contribution in [2.45, 2.75) is 38.3 Å². The van der Waals surface area contributed by atoms with Crippen LogP contribution in [0.5, 0.6) is 0 Å². The topological polar surface area (TPSA) is 90.3 Å². The Bertz CT molecular complexity index is 1510. The van der Waals surface area contributed by atoms with Gasteiger partial charge in [0.25, 0.3) is 5.56 Å². The summed E-state index contributed by atoms with van der Waals surface area (Å²) in [4.78, 5) is 45.3. The van der Waals surface area contributed by atoms with E-state index in [-0.39, 0.29) is 17.2 Å². The summed E-state index contributed by atoms with van der Waals surface area (Å²) in [5.41, 5.74) is 2.78. The van der Waals surface area contributed by atoms with E-state index < -0.39 is 5.97 Å². The summed E-state index contributed by atoms with van der Waals surface area (Å²) < 4.78 is 6.62. The predicted molar refractivity (Wildman–Crippen MR) is 148 cm³/mol. The number of carbonyl (C=O) groups is 2. The second-order valence-corrected chi connectivity index (χ2v) is 11.1. The van der Waals surface area contributed by atoms with E-state index in [2.05, 4.69) is 12.2 Å². The van der Waals surface area contributed by atoms with Crippen LogP contribution in [0, 0.1) is 5.92 Å². The smallest absolute Gasteiger partial charge is 0.338 e. The number of hydrogen-bond donors (Lipinski definition) is 1. The Morgan fingerprint density at radius 3 is 2.65 bits per heavy atom. The van der Waals surface area contributed by atoms with Crippen molar-refractivity contribution in [3.8, 4) is 5.69 Å². The van der Waals surface area contributed by atoms with Crippen LogP contribution >= 0.6 is 23.1 Å². The molecule has 1 aliphatic carbocycles. The van der Waals surface area contributed by atoms with Gasteiger partial charge in [-0.05, 0) is 74.1 Å². The van der Waals surface area contributed by atoms with Crippen molar-refractivity contribution in [1.29, 1.82) is 0 Å². The molecule has 9 heteroatoms. The summed E-state index contributed by atoms with van der Waals surface area (Å²) >= 11 is 2.84. The summed E-state index contributed by atoms with van der Waals surface area (Å²) in [7, 11) is 0. The molecule has 0 bridgehead atoms. The van der Waals surface area contributed by atoms with Crippen molar-refractivity contribution in [3.05, 3.63) is 81.0 Å². The van der Waals surface area contributed by atoms with Crippen LogP contribution in [0.4, 0.5) is 5.69 Å². The van der Waals surface area contributed by atoms with Gasteiger partial charge >= 0.3 is 5.97 Å². The molecular formula is C28H27N3O4S2. The standard InChI is InChI=1S/C28H27N3O4S2/c1-3-35-27(34)18-10-12-19(13-11-18)29-23(32)16-36-28-30-25-24(21-14-9-17(2)15-22(21)37-25)26(33)31(28)20-7-5-4-6-8-20/h4-8,10-13,17H,3,9,14-16H2,1-2H3,(H,29,32). The molecule has 4 aromatic rings. The predicted octanol–water partition coefficient (Wildman–Crippen LogP) is 5.48. The van der Waals surface area contributed by atoms with Crippen LogP contribution in [-0.4, -0.2) is 33.8 Å². The number of para-hydroxylation sites is 1. The summed E-state index contributed by atoms with van der Waals surface area (Å²) in [6.45, 7) is 4.30. The second-order valence-electron chi connectivity index (χ2n) is 9.04. The lowest BCUT2D eigenvalue weighted by molar-refractivity contribution is -0.113.